The number of amides is 2. The van der Waals surface area contributed by atoms with Crippen LogP contribution in [0.15, 0.2) is 72.8 Å². The van der Waals surface area contributed by atoms with Gasteiger partial charge in [0.15, 0.2) is 5.78 Å². The van der Waals surface area contributed by atoms with Gasteiger partial charge in [0.1, 0.15) is 6.61 Å². The molecule has 0 saturated carbocycles. The zero-order valence-electron chi connectivity index (χ0n) is 17.1. The Morgan fingerprint density at radius 1 is 0.719 bits per heavy atom. The molecule has 2 amide bonds. The molecule has 8 heteroatoms. The first kappa shape index (κ1) is 22.4. The Morgan fingerprint density at radius 3 is 1.59 bits per heavy atom. The lowest BCUT2D eigenvalue weighted by Gasteiger charge is -2.10. The van der Waals surface area contributed by atoms with Crippen molar-refractivity contribution in [2.75, 3.05) is 24.4 Å². The maximum Gasteiger partial charge on any atom is 0.337 e. The average molecular weight is 432 g/mol. The van der Waals surface area contributed by atoms with E-state index in [-0.39, 0.29) is 5.91 Å². The number of nitrogens with one attached hydrogen (secondary N) is 2. The number of hydrogen-bond donors (Lipinski definition) is 3. The summed E-state index contributed by atoms with van der Waals surface area (Å²) >= 11 is 0. The number of carbonyl (C=O) groups is 4. The Labute approximate surface area is 183 Å². The molecule has 0 aliphatic rings. The Morgan fingerprint density at radius 2 is 1.16 bits per heavy atom. The van der Waals surface area contributed by atoms with Crippen LogP contribution in [0.5, 0.6) is 0 Å². The fourth-order valence-corrected chi connectivity index (χ4v) is 2.86. The molecule has 0 bridgehead atoms. The number of rotatable bonds is 7. The van der Waals surface area contributed by atoms with E-state index in [0.717, 1.165) is 0 Å². The highest BCUT2D eigenvalue weighted by Crippen LogP contribution is 2.18. The van der Waals surface area contributed by atoms with Crippen molar-refractivity contribution < 1.29 is 29.0 Å². The van der Waals surface area contributed by atoms with E-state index in [1.54, 1.807) is 24.3 Å². The van der Waals surface area contributed by atoms with Crippen molar-refractivity contribution in [2.24, 2.45) is 0 Å². The fraction of sp³-hybridized carbons (Fsp3) is 0.0833. The first-order chi connectivity index (χ1) is 15.4. The van der Waals surface area contributed by atoms with Gasteiger partial charge in [0.25, 0.3) is 11.8 Å². The number of ketones is 1. The topological polar surface area (TPSA) is 122 Å². The normalized spacial score (nSPS) is 10.2. The number of anilines is 2. The van der Waals surface area contributed by atoms with E-state index in [9.17, 15) is 19.2 Å². The summed E-state index contributed by atoms with van der Waals surface area (Å²) in [6, 6.07) is 18.5. The van der Waals surface area contributed by atoms with Crippen LogP contribution in [-0.4, -0.2) is 42.4 Å². The van der Waals surface area contributed by atoms with Gasteiger partial charge in [-0.15, -0.1) is 0 Å². The summed E-state index contributed by atoms with van der Waals surface area (Å²) in [4.78, 5) is 47.9. The van der Waals surface area contributed by atoms with Gasteiger partial charge in [0.05, 0.1) is 12.7 Å². The molecule has 32 heavy (non-hydrogen) atoms. The van der Waals surface area contributed by atoms with Crippen molar-refractivity contribution >= 4 is 34.9 Å². The monoisotopic (exact) mass is 432 g/mol. The Hall–Kier alpha value is -4.30. The summed E-state index contributed by atoms with van der Waals surface area (Å²) in [5.41, 5.74) is 2.26. The first-order valence-electron chi connectivity index (χ1n) is 9.56. The van der Waals surface area contributed by atoms with E-state index >= 15 is 0 Å². The van der Waals surface area contributed by atoms with Gasteiger partial charge in [-0.05, 0) is 54.6 Å². The van der Waals surface area contributed by atoms with Crippen LogP contribution in [0.25, 0.3) is 0 Å². The molecule has 0 spiro atoms. The molecule has 0 aliphatic heterocycles. The van der Waals surface area contributed by atoms with Crippen LogP contribution in [0.1, 0.15) is 41.4 Å². The van der Waals surface area contributed by atoms with Crippen molar-refractivity contribution in [1.82, 2.24) is 0 Å². The molecule has 0 aromatic heterocycles. The molecular weight excluding hydrogens is 412 g/mol. The molecule has 0 fully saturated rings. The molecule has 8 nitrogen and oxygen atoms in total. The van der Waals surface area contributed by atoms with E-state index < -0.39 is 24.3 Å². The third-order valence-corrected chi connectivity index (χ3v) is 4.56. The molecule has 0 atom stereocenters. The largest absolute Gasteiger partial charge is 0.465 e. The van der Waals surface area contributed by atoms with Crippen LogP contribution in [0, 0.1) is 0 Å². The lowest BCUT2D eigenvalue weighted by Crippen LogP contribution is -2.14. The zero-order chi connectivity index (χ0) is 23.1. The van der Waals surface area contributed by atoms with Gasteiger partial charge >= 0.3 is 5.97 Å². The summed E-state index contributed by atoms with van der Waals surface area (Å²) in [5.74, 6) is -1.70. The third-order valence-electron chi connectivity index (χ3n) is 4.56. The maximum absolute atomic E-state index is 12.5. The minimum Gasteiger partial charge on any atom is -0.465 e. The van der Waals surface area contributed by atoms with E-state index in [4.69, 9.17) is 5.11 Å². The minimum absolute atomic E-state index is 0.313. The maximum atomic E-state index is 12.5. The van der Waals surface area contributed by atoms with Gasteiger partial charge in [-0.1, -0.05) is 18.2 Å². The smallest absolute Gasteiger partial charge is 0.337 e. The molecule has 3 aromatic carbocycles. The van der Waals surface area contributed by atoms with Crippen molar-refractivity contribution in [3.05, 3.63) is 95.1 Å². The lowest BCUT2D eigenvalue weighted by molar-refractivity contribution is 0.0600. The molecule has 0 radical (unpaired) electrons. The van der Waals surface area contributed by atoms with Gasteiger partial charge < -0.3 is 20.5 Å². The van der Waals surface area contributed by atoms with Crippen LogP contribution in [0.3, 0.4) is 0 Å². The zero-order valence-corrected chi connectivity index (χ0v) is 17.1. The van der Waals surface area contributed by atoms with E-state index in [1.807, 2.05) is 0 Å². The molecular formula is C24H20N2O6. The lowest BCUT2D eigenvalue weighted by atomic mass is 10.1. The summed E-state index contributed by atoms with van der Waals surface area (Å²) in [6.07, 6.45) is 0. The molecule has 3 N–H and O–H groups in total. The third kappa shape index (κ3) is 5.44. The number of ether oxygens (including phenoxy) is 1. The van der Waals surface area contributed by atoms with Crippen molar-refractivity contribution in [3.8, 4) is 0 Å². The average Bonchev–Trinajstić information content (AvgIpc) is 2.83. The Kier molecular flexibility index (Phi) is 7.09. The molecule has 0 aliphatic carbocycles. The summed E-state index contributed by atoms with van der Waals surface area (Å²) in [6.45, 7) is -0.598. The standard InChI is InChI=1S/C24H20N2O6/c1-32-24(31)18-11-9-17(10-12-18)23(30)26-20-4-2-3-19(13-20)25-22(29)16-7-5-15(6-8-16)21(28)14-27/h2-13,27H,14H2,1H3,(H,25,29)(H,26,30). The quantitative estimate of drug-likeness (QED) is 0.389. The van der Waals surface area contributed by atoms with E-state index in [2.05, 4.69) is 15.4 Å². The van der Waals surface area contributed by atoms with E-state index in [1.165, 1.54) is 55.6 Å². The second-order valence-corrected chi connectivity index (χ2v) is 6.72. The van der Waals surface area contributed by atoms with Gasteiger partial charge in [-0.3, -0.25) is 14.4 Å². The number of Topliss-reactive ketones (excluding diaryl/α,β-unsaturated/α-hetero) is 1. The molecule has 0 saturated heterocycles. The predicted octanol–water partition coefficient (Wildman–Crippen LogP) is 3.15. The van der Waals surface area contributed by atoms with Crippen LogP contribution >= 0.6 is 0 Å². The van der Waals surface area contributed by atoms with E-state index in [0.29, 0.717) is 33.6 Å². The van der Waals surface area contributed by atoms with Crippen LogP contribution < -0.4 is 10.6 Å². The molecule has 3 aromatic rings. The van der Waals surface area contributed by atoms with Gasteiger partial charge in [0.2, 0.25) is 0 Å². The minimum atomic E-state index is -0.598. The second-order valence-electron chi connectivity index (χ2n) is 6.72. The van der Waals surface area contributed by atoms with Crippen LogP contribution in [-0.2, 0) is 4.74 Å². The summed E-state index contributed by atoms with van der Waals surface area (Å²) in [7, 11) is 1.28. The number of aliphatic hydroxyl groups excluding tert-OH is 1. The Balaban J connectivity index is 1.66. The van der Waals surface area contributed by atoms with Gasteiger partial charge in [0, 0.05) is 28.1 Å². The predicted molar refractivity (Wildman–Crippen MR) is 118 cm³/mol. The fourth-order valence-electron chi connectivity index (χ4n) is 2.86. The number of aliphatic hydroxyl groups is 1. The number of esters is 1. The number of hydrogen-bond acceptors (Lipinski definition) is 6. The molecule has 0 heterocycles. The van der Waals surface area contributed by atoms with Gasteiger partial charge in [-0.2, -0.15) is 0 Å². The van der Waals surface area contributed by atoms with Crippen LogP contribution in [0.4, 0.5) is 11.4 Å². The van der Waals surface area contributed by atoms with Crippen molar-refractivity contribution in [2.45, 2.75) is 0 Å². The number of carbonyl (C=O) groups excluding carboxylic acids is 4. The summed E-state index contributed by atoms with van der Waals surface area (Å²) < 4.78 is 4.63. The van der Waals surface area contributed by atoms with Crippen molar-refractivity contribution in [3.63, 3.8) is 0 Å². The highest BCUT2D eigenvalue weighted by molar-refractivity contribution is 6.07. The highest BCUT2D eigenvalue weighted by Gasteiger charge is 2.11. The molecule has 3 rings (SSSR count). The molecule has 0 unspecified atom stereocenters. The molecule has 162 valence electrons. The Bertz CT molecular complexity index is 1070. The number of benzene rings is 3. The second kappa shape index (κ2) is 10.1. The van der Waals surface area contributed by atoms with Crippen molar-refractivity contribution in [1.29, 1.82) is 0 Å². The highest BCUT2D eigenvalue weighted by atomic mass is 16.5. The van der Waals surface area contributed by atoms with Gasteiger partial charge in [-0.25, -0.2) is 4.79 Å². The summed E-state index contributed by atoms with van der Waals surface area (Å²) in [5, 5.41) is 14.3. The number of methoxy groups -OCH3 is 1. The van der Waals surface area contributed by atoms with Crippen LogP contribution in [0.2, 0.25) is 0 Å². The first-order valence-corrected chi connectivity index (χ1v) is 9.56. The SMILES string of the molecule is COC(=O)c1ccc(C(=O)Nc2cccc(NC(=O)c3ccc(C(=O)CO)cc3)c2)cc1.